The second-order valence-corrected chi connectivity index (χ2v) is 13.4. The van der Waals surface area contributed by atoms with Gasteiger partial charge in [0.15, 0.2) is 6.29 Å². The van der Waals surface area contributed by atoms with Gasteiger partial charge in [-0.3, -0.25) is 0 Å². The molecule has 11 nitrogen and oxygen atoms in total. The van der Waals surface area contributed by atoms with Crippen LogP contribution >= 0.6 is 0 Å². The summed E-state index contributed by atoms with van der Waals surface area (Å²) in [5.41, 5.74) is 0.482. The van der Waals surface area contributed by atoms with Crippen molar-refractivity contribution in [2.45, 2.75) is 151 Å². The molecule has 43 heavy (non-hydrogen) atoms. The summed E-state index contributed by atoms with van der Waals surface area (Å²) in [5.74, 6) is 0. The number of ether oxygens (including phenoxy) is 2. The van der Waals surface area contributed by atoms with Crippen molar-refractivity contribution in [3.8, 4) is 0 Å². The highest BCUT2D eigenvalue weighted by Crippen LogP contribution is 2.23. The minimum Gasteiger partial charge on any atom is -0.394 e. The first-order valence-corrected chi connectivity index (χ1v) is 17.4. The average molecular weight is 634 g/mol. The standard InChI is InChI=1S/C31H55NO10S/c1-3-4-5-6-7-8-9-10-11-12-13-14-18-24(34)27(35)23(32-43(39,40)26-19-16-15-17-22(26)2)21-41-31-30(38)29(37)28(36)25(20-33)42-31/h15-17,19,23-25,27-38H,3-14,18,20-21H2,1-2H3/t23-,24+,25+,27-,28-,29-,30+,31+/m0/s1. The zero-order chi connectivity index (χ0) is 31.8. The molecule has 8 atom stereocenters. The van der Waals surface area contributed by atoms with Crippen LogP contribution < -0.4 is 4.72 Å². The Labute approximate surface area is 257 Å². The third kappa shape index (κ3) is 12.6. The first-order chi connectivity index (χ1) is 20.5. The summed E-state index contributed by atoms with van der Waals surface area (Å²) in [5, 5.41) is 61.7. The van der Waals surface area contributed by atoms with Crippen molar-refractivity contribution in [1.82, 2.24) is 4.72 Å². The first-order valence-electron chi connectivity index (χ1n) is 15.9. The van der Waals surface area contributed by atoms with E-state index in [0.29, 0.717) is 12.0 Å². The van der Waals surface area contributed by atoms with Crippen LogP contribution in [0.5, 0.6) is 0 Å². The van der Waals surface area contributed by atoms with Crippen LogP contribution in [0.25, 0.3) is 0 Å². The van der Waals surface area contributed by atoms with Gasteiger partial charge in [-0.05, 0) is 25.0 Å². The molecular weight excluding hydrogens is 578 g/mol. The number of aryl methyl sites for hydroxylation is 1. The highest BCUT2D eigenvalue weighted by molar-refractivity contribution is 7.89. The van der Waals surface area contributed by atoms with Gasteiger partial charge in [0.1, 0.15) is 24.4 Å². The number of unbranched alkanes of at least 4 members (excludes halogenated alkanes) is 11. The molecule has 0 amide bonds. The Morgan fingerprint density at radius 3 is 1.98 bits per heavy atom. The maximum atomic E-state index is 13.2. The van der Waals surface area contributed by atoms with Gasteiger partial charge in [-0.1, -0.05) is 102 Å². The van der Waals surface area contributed by atoms with Crippen LogP contribution in [0.1, 0.15) is 96.0 Å². The van der Waals surface area contributed by atoms with Crippen LogP contribution in [-0.2, 0) is 19.5 Å². The van der Waals surface area contributed by atoms with E-state index in [9.17, 15) is 39.1 Å². The highest BCUT2D eigenvalue weighted by atomic mass is 32.2. The molecule has 1 aromatic carbocycles. The predicted octanol–water partition coefficient (Wildman–Crippen LogP) is 2.27. The van der Waals surface area contributed by atoms with Crippen LogP contribution in [0.2, 0.25) is 0 Å². The molecule has 12 heteroatoms. The molecule has 0 aromatic heterocycles. The van der Waals surface area contributed by atoms with Crippen LogP contribution in [0.3, 0.4) is 0 Å². The molecule has 1 heterocycles. The van der Waals surface area contributed by atoms with E-state index < -0.39 is 72.2 Å². The van der Waals surface area contributed by atoms with Gasteiger partial charge in [-0.15, -0.1) is 0 Å². The fourth-order valence-corrected chi connectivity index (χ4v) is 6.84. The van der Waals surface area contributed by atoms with Crippen molar-refractivity contribution in [3.05, 3.63) is 29.8 Å². The van der Waals surface area contributed by atoms with Crippen molar-refractivity contribution >= 4 is 10.0 Å². The lowest BCUT2D eigenvalue weighted by Gasteiger charge is -2.40. The van der Waals surface area contributed by atoms with Gasteiger partial charge in [0, 0.05) is 0 Å². The van der Waals surface area contributed by atoms with Gasteiger partial charge in [0.2, 0.25) is 10.0 Å². The quantitative estimate of drug-likeness (QED) is 0.0934. The molecule has 0 aliphatic carbocycles. The Balaban J connectivity index is 1.93. The predicted molar refractivity (Wildman–Crippen MR) is 163 cm³/mol. The summed E-state index contributed by atoms with van der Waals surface area (Å²) in [6, 6.07) is 4.97. The van der Waals surface area contributed by atoms with Gasteiger partial charge in [0.05, 0.1) is 36.4 Å². The van der Waals surface area contributed by atoms with Gasteiger partial charge in [-0.25, -0.2) is 13.1 Å². The highest BCUT2D eigenvalue weighted by Gasteiger charge is 2.44. The Kier molecular flexibility index (Phi) is 17.7. The molecule has 0 saturated carbocycles. The Morgan fingerprint density at radius 2 is 1.42 bits per heavy atom. The molecule has 1 saturated heterocycles. The summed E-state index contributed by atoms with van der Waals surface area (Å²) in [6.07, 6.45) is 3.53. The molecule has 1 aliphatic heterocycles. The monoisotopic (exact) mass is 633 g/mol. The third-order valence-corrected chi connectivity index (χ3v) is 9.79. The summed E-state index contributed by atoms with van der Waals surface area (Å²) in [4.78, 5) is -0.00418. The number of hydrogen-bond acceptors (Lipinski definition) is 10. The fraction of sp³-hybridized carbons (Fsp3) is 0.806. The molecule has 250 valence electrons. The Hall–Kier alpha value is -1.19. The van der Waals surface area contributed by atoms with Crippen molar-refractivity contribution in [2.75, 3.05) is 13.2 Å². The molecule has 0 unspecified atom stereocenters. The van der Waals surface area contributed by atoms with Gasteiger partial charge >= 0.3 is 0 Å². The van der Waals surface area contributed by atoms with Crippen LogP contribution in [0.15, 0.2) is 29.2 Å². The number of nitrogens with one attached hydrogen (secondary N) is 1. The Morgan fingerprint density at radius 1 is 0.860 bits per heavy atom. The number of sulfonamides is 1. The smallest absolute Gasteiger partial charge is 0.241 e. The van der Waals surface area contributed by atoms with E-state index in [2.05, 4.69) is 11.6 Å². The van der Waals surface area contributed by atoms with Gasteiger partial charge in [-0.2, -0.15) is 0 Å². The maximum Gasteiger partial charge on any atom is 0.241 e. The largest absolute Gasteiger partial charge is 0.394 e. The minimum atomic E-state index is -4.15. The van der Waals surface area contributed by atoms with E-state index in [0.717, 1.165) is 19.3 Å². The molecule has 1 fully saturated rings. The van der Waals surface area contributed by atoms with E-state index >= 15 is 0 Å². The third-order valence-electron chi connectivity index (χ3n) is 8.14. The second kappa shape index (κ2) is 20.0. The zero-order valence-electron chi connectivity index (χ0n) is 25.8. The van der Waals surface area contributed by atoms with Crippen molar-refractivity contribution < 1.29 is 48.5 Å². The number of benzene rings is 1. The SMILES string of the molecule is CCCCCCCCCCCCCC[C@@H](O)[C@@H](O)[C@H](CO[C@@H]1O[C@H](CO)[C@H](O)[C@H](O)[C@H]1O)NS(=O)(=O)c1ccccc1C. The zero-order valence-corrected chi connectivity index (χ0v) is 26.6. The number of rotatable bonds is 22. The van der Waals surface area contributed by atoms with Gasteiger partial charge in [0.25, 0.3) is 0 Å². The summed E-state index contributed by atoms with van der Waals surface area (Å²) < 4.78 is 39.8. The normalized spacial score (nSPS) is 25.0. The van der Waals surface area contributed by atoms with Crippen LogP contribution in [0.4, 0.5) is 0 Å². The van der Waals surface area contributed by atoms with Crippen molar-refractivity contribution in [1.29, 1.82) is 0 Å². The molecule has 1 aromatic rings. The lowest BCUT2D eigenvalue weighted by atomic mass is 9.99. The summed E-state index contributed by atoms with van der Waals surface area (Å²) in [7, 11) is -4.15. The van der Waals surface area contributed by atoms with E-state index in [4.69, 9.17) is 9.47 Å². The topological polar surface area (TPSA) is 186 Å². The lowest BCUT2D eigenvalue weighted by Crippen LogP contribution is -2.60. The van der Waals surface area contributed by atoms with E-state index in [1.54, 1.807) is 25.1 Å². The van der Waals surface area contributed by atoms with Crippen molar-refractivity contribution in [3.63, 3.8) is 0 Å². The summed E-state index contributed by atoms with van der Waals surface area (Å²) in [6.45, 7) is 2.65. The van der Waals surface area contributed by atoms with E-state index in [-0.39, 0.29) is 11.3 Å². The number of aliphatic hydroxyl groups is 6. The molecule has 0 spiro atoms. The number of aliphatic hydroxyl groups excluding tert-OH is 6. The maximum absolute atomic E-state index is 13.2. The van der Waals surface area contributed by atoms with Crippen LogP contribution in [0, 0.1) is 6.92 Å². The van der Waals surface area contributed by atoms with E-state index in [1.165, 1.54) is 57.4 Å². The number of hydrogen-bond donors (Lipinski definition) is 7. The van der Waals surface area contributed by atoms with Crippen molar-refractivity contribution in [2.24, 2.45) is 0 Å². The molecule has 1 aliphatic rings. The Bertz CT molecular complexity index is 995. The fourth-order valence-electron chi connectivity index (χ4n) is 5.36. The molecular formula is C31H55NO10S. The molecule has 7 N–H and O–H groups in total. The molecule has 0 radical (unpaired) electrons. The molecule has 0 bridgehead atoms. The summed E-state index contributed by atoms with van der Waals surface area (Å²) >= 11 is 0. The average Bonchev–Trinajstić information content (AvgIpc) is 2.99. The lowest BCUT2D eigenvalue weighted by molar-refractivity contribution is -0.303. The van der Waals surface area contributed by atoms with E-state index in [1.807, 2.05) is 0 Å². The van der Waals surface area contributed by atoms with Gasteiger partial charge < -0.3 is 40.1 Å². The minimum absolute atomic E-state index is 0.00418. The van der Waals surface area contributed by atoms with Crippen LogP contribution in [-0.4, -0.2) is 101 Å². The second-order valence-electron chi connectivity index (χ2n) is 11.8. The first kappa shape index (κ1) is 38.0. The molecule has 2 rings (SSSR count).